The number of phenolic OH excluding ortho intramolecular Hbond substituents is 1. The van der Waals surface area contributed by atoms with Crippen molar-refractivity contribution in [1.29, 1.82) is 0 Å². The molecule has 26 heavy (non-hydrogen) atoms. The Morgan fingerprint density at radius 2 is 1.85 bits per heavy atom. The molecular formula is C18H16N2O5S. The van der Waals surface area contributed by atoms with Crippen molar-refractivity contribution in [2.45, 2.75) is 11.8 Å². The molecule has 3 aromatic rings. The van der Waals surface area contributed by atoms with Crippen LogP contribution in [0.15, 0.2) is 53.4 Å². The van der Waals surface area contributed by atoms with Gasteiger partial charge in [-0.1, -0.05) is 12.1 Å². The van der Waals surface area contributed by atoms with E-state index >= 15 is 0 Å². The zero-order valence-electron chi connectivity index (χ0n) is 13.7. The molecule has 0 aliphatic rings. The Bertz CT molecular complexity index is 1140. The van der Waals surface area contributed by atoms with Crippen molar-refractivity contribution in [2.24, 2.45) is 0 Å². The van der Waals surface area contributed by atoms with Crippen LogP contribution in [0.1, 0.15) is 15.9 Å². The zero-order valence-corrected chi connectivity index (χ0v) is 14.5. The van der Waals surface area contributed by atoms with Crippen molar-refractivity contribution in [3.63, 3.8) is 0 Å². The van der Waals surface area contributed by atoms with Gasteiger partial charge in [0.2, 0.25) is 0 Å². The molecule has 0 heterocycles. The van der Waals surface area contributed by atoms with E-state index in [2.05, 4.69) is 5.32 Å². The second kappa shape index (κ2) is 6.32. The van der Waals surface area contributed by atoms with Crippen LogP contribution in [0.3, 0.4) is 0 Å². The van der Waals surface area contributed by atoms with Gasteiger partial charge in [0.05, 0.1) is 5.69 Å². The molecule has 3 aromatic carbocycles. The molecule has 0 atom stereocenters. The maximum atomic E-state index is 12.5. The van der Waals surface area contributed by atoms with Crippen LogP contribution in [0.4, 0.5) is 11.4 Å². The molecule has 0 fully saturated rings. The molecule has 0 unspecified atom stereocenters. The average Bonchev–Trinajstić information content (AvgIpc) is 2.58. The summed E-state index contributed by atoms with van der Waals surface area (Å²) in [6.45, 7) is 1.76. The predicted molar refractivity (Wildman–Crippen MR) is 99.0 cm³/mol. The molecular weight excluding hydrogens is 356 g/mol. The zero-order chi connectivity index (χ0) is 19.1. The van der Waals surface area contributed by atoms with Gasteiger partial charge in [-0.25, -0.2) is 0 Å². The van der Waals surface area contributed by atoms with Crippen LogP contribution in [0, 0.1) is 6.92 Å². The summed E-state index contributed by atoms with van der Waals surface area (Å²) in [7, 11) is -4.56. The third kappa shape index (κ3) is 3.19. The molecule has 1 amide bonds. The number of phenols is 1. The van der Waals surface area contributed by atoms with Crippen LogP contribution in [0.25, 0.3) is 10.8 Å². The normalized spacial score (nSPS) is 11.5. The molecule has 0 saturated carbocycles. The minimum atomic E-state index is -4.56. The van der Waals surface area contributed by atoms with Gasteiger partial charge in [0.25, 0.3) is 16.0 Å². The molecule has 0 aromatic heterocycles. The molecule has 5 N–H and O–H groups in total. The summed E-state index contributed by atoms with van der Waals surface area (Å²) in [5.41, 5.74) is 7.50. The smallest absolute Gasteiger partial charge is 0.295 e. The molecule has 8 heteroatoms. The quantitative estimate of drug-likeness (QED) is 0.318. The van der Waals surface area contributed by atoms with Crippen molar-refractivity contribution in [1.82, 2.24) is 0 Å². The van der Waals surface area contributed by atoms with E-state index in [1.807, 2.05) is 0 Å². The van der Waals surface area contributed by atoms with E-state index < -0.39 is 20.9 Å². The topological polar surface area (TPSA) is 130 Å². The van der Waals surface area contributed by atoms with Crippen LogP contribution >= 0.6 is 0 Å². The fourth-order valence-corrected chi connectivity index (χ4v) is 3.42. The highest BCUT2D eigenvalue weighted by molar-refractivity contribution is 7.86. The number of anilines is 2. The van der Waals surface area contributed by atoms with Crippen molar-refractivity contribution >= 4 is 38.2 Å². The van der Waals surface area contributed by atoms with E-state index in [0.717, 1.165) is 5.56 Å². The van der Waals surface area contributed by atoms with Crippen molar-refractivity contribution < 1.29 is 22.9 Å². The Labute approximate surface area is 149 Å². The number of nitrogen functional groups attached to an aromatic ring is 1. The molecule has 0 aliphatic heterocycles. The van der Waals surface area contributed by atoms with Crippen LogP contribution < -0.4 is 11.1 Å². The van der Waals surface area contributed by atoms with Crippen molar-refractivity contribution in [2.75, 3.05) is 11.1 Å². The summed E-state index contributed by atoms with van der Waals surface area (Å²) in [6.07, 6.45) is 0. The Hall–Kier alpha value is -3.10. The Morgan fingerprint density at radius 1 is 1.12 bits per heavy atom. The number of hydrogen-bond acceptors (Lipinski definition) is 5. The SMILES string of the molecule is Cc1cc(C(=O)Nc2ccc(O)c3cccc(S(=O)(=O)O)c23)ccc1N. The second-order valence-corrected chi connectivity index (χ2v) is 7.20. The number of rotatable bonds is 3. The van der Waals surface area contributed by atoms with E-state index in [0.29, 0.717) is 11.3 Å². The fourth-order valence-electron chi connectivity index (χ4n) is 2.69. The van der Waals surface area contributed by atoms with Crippen LogP contribution in [-0.4, -0.2) is 24.0 Å². The summed E-state index contributed by atoms with van der Waals surface area (Å²) < 4.78 is 32.9. The minimum Gasteiger partial charge on any atom is -0.507 e. The maximum absolute atomic E-state index is 12.5. The van der Waals surface area contributed by atoms with Gasteiger partial charge in [0.15, 0.2) is 0 Å². The molecule has 7 nitrogen and oxygen atoms in total. The summed E-state index contributed by atoms with van der Waals surface area (Å²) in [5, 5.41) is 12.8. The van der Waals surface area contributed by atoms with Gasteiger partial charge < -0.3 is 16.2 Å². The summed E-state index contributed by atoms with van der Waals surface area (Å²) in [4.78, 5) is 12.1. The summed E-state index contributed by atoms with van der Waals surface area (Å²) >= 11 is 0. The fraction of sp³-hybridized carbons (Fsp3) is 0.0556. The molecule has 0 aliphatic carbocycles. The third-order valence-corrected chi connectivity index (χ3v) is 4.93. The number of benzene rings is 3. The van der Waals surface area contributed by atoms with E-state index in [-0.39, 0.29) is 22.2 Å². The Kier molecular flexibility index (Phi) is 4.31. The monoisotopic (exact) mass is 372 g/mol. The van der Waals surface area contributed by atoms with E-state index in [4.69, 9.17) is 5.73 Å². The van der Waals surface area contributed by atoms with Gasteiger partial charge >= 0.3 is 0 Å². The largest absolute Gasteiger partial charge is 0.507 e. The second-order valence-electron chi connectivity index (χ2n) is 5.81. The van der Waals surface area contributed by atoms with Gasteiger partial charge in [-0.3, -0.25) is 9.35 Å². The number of carbonyl (C=O) groups excluding carboxylic acids is 1. The minimum absolute atomic E-state index is 0.0236. The standard InChI is InChI=1S/C18H16N2O5S/c1-10-9-11(5-6-13(10)19)18(22)20-14-7-8-15(21)12-3-2-4-16(17(12)14)26(23,24)25/h2-9,21H,19H2,1H3,(H,20,22)(H,23,24,25). The molecule has 3 rings (SSSR count). The van der Waals surface area contributed by atoms with Gasteiger partial charge in [-0.05, 0) is 48.9 Å². The lowest BCUT2D eigenvalue weighted by molar-refractivity contribution is 0.102. The van der Waals surface area contributed by atoms with E-state index in [9.17, 15) is 22.9 Å². The highest BCUT2D eigenvalue weighted by Gasteiger charge is 2.19. The number of aromatic hydroxyl groups is 1. The molecule has 0 saturated heterocycles. The van der Waals surface area contributed by atoms with Gasteiger partial charge in [-0.15, -0.1) is 0 Å². The number of hydrogen-bond donors (Lipinski definition) is 4. The number of nitrogens with one attached hydrogen (secondary N) is 1. The lowest BCUT2D eigenvalue weighted by Gasteiger charge is -2.13. The van der Waals surface area contributed by atoms with E-state index in [1.54, 1.807) is 25.1 Å². The number of aryl methyl sites for hydroxylation is 1. The first-order valence-electron chi connectivity index (χ1n) is 7.58. The van der Waals surface area contributed by atoms with Crippen LogP contribution in [-0.2, 0) is 10.1 Å². The van der Waals surface area contributed by atoms with Gasteiger partial charge in [0.1, 0.15) is 10.6 Å². The molecule has 0 radical (unpaired) electrons. The first-order valence-corrected chi connectivity index (χ1v) is 9.02. The lowest BCUT2D eigenvalue weighted by Crippen LogP contribution is -2.13. The Balaban J connectivity index is 2.15. The van der Waals surface area contributed by atoms with Crippen molar-refractivity contribution in [3.05, 3.63) is 59.7 Å². The van der Waals surface area contributed by atoms with E-state index in [1.165, 1.54) is 30.3 Å². The maximum Gasteiger partial charge on any atom is 0.295 e. The number of carbonyl (C=O) groups is 1. The molecule has 0 spiro atoms. The predicted octanol–water partition coefficient (Wildman–Crippen LogP) is 2.94. The first kappa shape index (κ1) is 17.7. The van der Waals surface area contributed by atoms with Crippen LogP contribution in [0.5, 0.6) is 5.75 Å². The molecule has 0 bridgehead atoms. The number of fused-ring (bicyclic) bond motifs is 1. The lowest BCUT2D eigenvalue weighted by atomic mass is 10.1. The van der Waals surface area contributed by atoms with Gasteiger partial charge in [-0.2, -0.15) is 8.42 Å². The van der Waals surface area contributed by atoms with Crippen molar-refractivity contribution in [3.8, 4) is 5.75 Å². The average molecular weight is 372 g/mol. The first-order chi connectivity index (χ1) is 12.2. The highest BCUT2D eigenvalue weighted by Crippen LogP contribution is 2.35. The van der Waals surface area contributed by atoms with Crippen LogP contribution in [0.2, 0.25) is 0 Å². The number of amides is 1. The number of nitrogens with two attached hydrogens (primary N) is 1. The highest BCUT2D eigenvalue weighted by atomic mass is 32.2. The molecule has 134 valence electrons. The summed E-state index contributed by atoms with van der Waals surface area (Å²) in [6, 6.07) is 11.5. The Morgan fingerprint density at radius 3 is 2.50 bits per heavy atom. The van der Waals surface area contributed by atoms with Gasteiger partial charge in [0, 0.05) is 22.0 Å². The summed E-state index contributed by atoms with van der Waals surface area (Å²) in [5.74, 6) is -0.656. The third-order valence-electron chi connectivity index (χ3n) is 4.04.